The van der Waals surface area contributed by atoms with Crippen molar-refractivity contribution in [1.82, 2.24) is 9.97 Å². The third kappa shape index (κ3) is 2.72. The van der Waals surface area contributed by atoms with Gasteiger partial charge in [0.15, 0.2) is 0 Å². The number of thiazole rings is 1. The van der Waals surface area contributed by atoms with Crippen LogP contribution in [-0.4, -0.2) is 27.0 Å². The number of rotatable bonds is 3. The van der Waals surface area contributed by atoms with Crippen molar-refractivity contribution in [2.75, 3.05) is 5.32 Å². The minimum Gasteiger partial charge on any atom is -0.478 e. The molecular formula is C14H9N3O3S. The number of anilines is 1. The quantitative estimate of drug-likeness (QED) is 0.775. The number of aromatic carboxylic acids is 1. The Balaban J connectivity index is 1.85. The van der Waals surface area contributed by atoms with Gasteiger partial charge in [-0.1, -0.05) is 0 Å². The van der Waals surface area contributed by atoms with Crippen molar-refractivity contribution < 1.29 is 14.7 Å². The second kappa shape index (κ2) is 5.29. The predicted molar refractivity (Wildman–Crippen MR) is 78.8 cm³/mol. The normalized spacial score (nSPS) is 10.5. The van der Waals surface area contributed by atoms with E-state index in [9.17, 15) is 9.59 Å². The van der Waals surface area contributed by atoms with Crippen LogP contribution in [0.5, 0.6) is 0 Å². The molecule has 3 rings (SSSR count). The maximum atomic E-state index is 12.2. The molecule has 0 aliphatic carbocycles. The minimum atomic E-state index is -1.09. The molecule has 0 radical (unpaired) electrons. The second-order valence-corrected chi connectivity index (χ2v) is 5.14. The highest BCUT2D eigenvalue weighted by atomic mass is 32.1. The van der Waals surface area contributed by atoms with Gasteiger partial charge in [-0.3, -0.25) is 9.78 Å². The molecule has 0 aliphatic rings. The number of nitrogens with zero attached hydrogens (tertiary/aromatic N) is 2. The Morgan fingerprint density at radius 1 is 1.14 bits per heavy atom. The fraction of sp³-hybridized carbons (Fsp3) is 0. The van der Waals surface area contributed by atoms with E-state index < -0.39 is 5.97 Å². The van der Waals surface area contributed by atoms with E-state index >= 15 is 0 Å². The van der Waals surface area contributed by atoms with Gasteiger partial charge < -0.3 is 10.4 Å². The highest BCUT2D eigenvalue weighted by Gasteiger charge is 2.10. The Morgan fingerprint density at radius 2 is 2.00 bits per heavy atom. The van der Waals surface area contributed by atoms with Gasteiger partial charge in [-0.15, -0.1) is 11.3 Å². The lowest BCUT2D eigenvalue weighted by atomic mass is 10.2. The number of carbonyl (C=O) groups is 2. The Kier molecular flexibility index (Phi) is 3.33. The van der Waals surface area contributed by atoms with Crippen LogP contribution in [0.2, 0.25) is 0 Å². The van der Waals surface area contributed by atoms with Gasteiger partial charge in [0, 0.05) is 11.8 Å². The number of benzene rings is 1. The molecule has 0 spiro atoms. The molecule has 6 nitrogen and oxygen atoms in total. The van der Waals surface area contributed by atoms with Gasteiger partial charge in [-0.2, -0.15) is 0 Å². The van der Waals surface area contributed by atoms with Gasteiger partial charge in [-0.05, 0) is 24.3 Å². The van der Waals surface area contributed by atoms with Gasteiger partial charge in [0.25, 0.3) is 5.91 Å². The van der Waals surface area contributed by atoms with Crippen molar-refractivity contribution in [2.45, 2.75) is 0 Å². The maximum absolute atomic E-state index is 12.2. The lowest BCUT2D eigenvalue weighted by molar-refractivity contribution is 0.0696. The summed E-state index contributed by atoms with van der Waals surface area (Å²) >= 11 is 1.45. The Hall–Kier alpha value is -2.80. The average molecular weight is 299 g/mol. The number of fused-ring (bicyclic) bond motifs is 1. The van der Waals surface area contributed by atoms with Gasteiger partial charge >= 0.3 is 5.97 Å². The van der Waals surface area contributed by atoms with Crippen molar-refractivity contribution in [1.29, 1.82) is 0 Å². The van der Waals surface area contributed by atoms with Gasteiger partial charge in [-0.25, -0.2) is 9.78 Å². The fourth-order valence-electron chi connectivity index (χ4n) is 1.82. The van der Waals surface area contributed by atoms with Gasteiger partial charge in [0.1, 0.15) is 0 Å². The zero-order valence-corrected chi connectivity index (χ0v) is 11.4. The molecule has 0 unspecified atom stereocenters. The predicted octanol–water partition coefficient (Wildman–Crippen LogP) is 2.64. The third-order valence-corrected chi connectivity index (χ3v) is 3.63. The smallest absolute Gasteiger partial charge is 0.337 e. The number of hydrogen-bond acceptors (Lipinski definition) is 5. The molecule has 7 heteroatoms. The molecule has 0 saturated heterocycles. The standard InChI is InChI=1S/C14H9N3O3S/c18-13(8-1-2-11-12(4-8)21-7-16-11)17-10-3-9(14(19)20)5-15-6-10/h1-7H,(H,17,18)(H,19,20). The number of nitrogens with one attached hydrogen (secondary N) is 1. The number of aromatic nitrogens is 2. The van der Waals surface area contributed by atoms with E-state index in [1.54, 1.807) is 23.7 Å². The molecule has 0 bridgehead atoms. The summed E-state index contributed by atoms with van der Waals surface area (Å²) in [7, 11) is 0. The number of amides is 1. The lowest BCUT2D eigenvalue weighted by Gasteiger charge is -2.05. The lowest BCUT2D eigenvalue weighted by Crippen LogP contribution is -2.12. The van der Waals surface area contributed by atoms with E-state index in [0.29, 0.717) is 11.3 Å². The monoisotopic (exact) mass is 299 g/mol. The third-order valence-electron chi connectivity index (χ3n) is 2.84. The maximum Gasteiger partial charge on any atom is 0.337 e. The van der Waals surface area contributed by atoms with Crippen LogP contribution in [0.1, 0.15) is 20.7 Å². The molecule has 104 valence electrons. The highest BCUT2D eigenvalue weighted by Crippen LogP contribution is 2.20. The molecule has 3 aromatic rings. The molecule has 0 atom stereocenters. The molecule has 1 amide bonds. The van der Waals surface area contributed by atoms with E-state index in [1.807, 2.05) is 0 Å². The first-order valence-corrected chi connectivity index (χ1v) is 6.84. The van der Waals surface area contributed by atoms with Crippen LogP contribution < -0.4 is 5.32 Å². The van der Waals surface area contributed by atoms with Crippen molar-refractivity contribution in [3.05, 3.63) is 53.3 Å². The summed E-state index contributed by atoms with van der Waals surface area (Å²) in [6.07, 6.45) is 2.62. The summed E-state index contributed by atoms with van der Waals surface area (Å²) in [4.78, 5) is 31.0. The van der Waals surface area contributed by atoms with Crippen LogP contribution >= 0.6 is 11.3 Å². The first-order chi connectivity index (χ1) is 10.1. The van der Waals surface area contributed by atoms with Crippen LogP contribution in [0.4, 0.5) is 5.69 Å². The molecule has 21 heavy (non-hydrogen) atoms. The van der Waals surface area contributed by atoms with Gasteiger partial charge in [0.05, 0.1) is 33.2 Å². The van der Waals surface area contributed by atoms with E-state index in [-0.39, 0.29) is 11.5 Å². The van der Waals surface area contributed by atoms with E-state index in [2.05, 4.69) is 15.3 Å². The number of carboxylic acids is 1. The summed E-state index contributed by atoms with van der Waals surface area (Å²) < 4.78 is 0.917. The van der Waals surface area contributed by atoms with Crippen LogP contribution in [-0.2, 0) is 0 Å². The second-order valence-electron chi connectivity index (χ2n) is 4.26. The molecule has 2 N–H and O–H groups in total. The van der Waals surface area contributed by atoms with Gasteiger partial charge in [0.2, 0.25) is 0 Å². The molecule has 0 aliphatic heterocycles. The van der Waals surface area contributed by atoms with E-state index in [0.717, 1.165) is 10.2 Å². The summed E-state index contributed by atoms with van der Waals surface area (Å²) in [5.41, 5.74) is 3.39. The topological polar surface area (TPSA) is 92.2 Å². The molecular weight excluding hydrogens is 290 g/mol. The highest BCUT2D eigenvalue weighted by molar-refractivity contribution is 7.16. The molecule has 1 aromatic carbocycles. The van der Waals surface area contributed by atoms with Crippen molar-refractivity contribution in [3.8, 4) is 0 Å². The largest absolute Gasteiger partial charge is 0.478 e. The molecule has 2 aromatic heterocycles. The molecule has 0 fully saturated rings. The van der Waals surface area contributed by atoms with Crippen LogP contribution in [0, 0.1) is 0 Å². The first-order valence-electron chi connectivity index (χ1n) is 5.96. The summed E-state index contributed by atoms with van der Waals surface area (Å²) in [5, 5.41) is 11.5. The van der Waals surface area contributed by atoms with Crippen molar-refractivity contribution in [3.63, 3.8) is 0 Å². The summed E-state index contributed by atoms with van der Waals surface area (Å²) in [6.45, 7) is 0. The SMILES string of the molecule is O=C(O)c1cncc(NC(=O)c2ccc3ncsc3c2)c1. The number of pyridine rings is 1. The number of hydrogen-bond donors (Lipinski definition) is 2. The van der Waals surface area contributed by atoms with E-state index in [1.165, 1.54) is 29.8 Å². The zero-order valence-electron chi connectivity index (χ0n) is 10.6. The zero-order chi connectivity index (χ0) is 14.8. The minimum absolute atomic E-state index is 0.0192. The Labute approximate surface area is 123 Å². The average Bonchev–Trinajstić information content (AvgIpc) is 2.94. The molecule has 0 saturated carbocycles. The van der Waals surface area contributed by atoms with E-state index in [4.69, 9.17) is 5.11 Å². The number of carbonyl (C=O) groups excluding carboxylic acids is 1. The fourth-order valence-corrected chi connectivity index (χ4v) is 2.54. The number of carboxylic acid groups (broad SMARTS) is 1. The van der Waals surface area contributed by atoms with Crippen LogP contribution in [0.25, 0.3) is 10.2 Å². The van der Waals surface area contributed by atoms with Crippen molar-refractivity contribution in [2.24, 2.45) is 0 Å². The van der Waals surface area contributed by atoms with Crippen LogP contribution in [0.3, 0.4) is 0 Å². The molecule has 2 heterocycles. The van der Waals surface area contributed by atoms with Crippen molar-refractivity contribution >= 4 is 39.1 Å². The first kappa shape index (κ1) is 13.2. The summed E-state index contributed by atoms with van der Waals surface area (Å²) in [6, 6.07) is 6.55. The summed E-state index contributed by atoms with van der Waals surface area (Å²) in [5.74, 6) is -1.42. The Bertz CT molecular complexity index is 844. The Morgan fingerprint density at radius 3 is 2.81 bits per heavy atom. The van der Waals surface area contributed by atoms with Crippen LogP contribution in [0.15, 0.2) is 42.2 Å².